The zero-order valence-corrected chi connectivity index (χ0v) is 15.8. The standard InChI is InChI=1S/C19H27NO6/c1-5-12-6-8-19(9-7-12,18(22)23)20-17(21)13-10-14(24-2)16(26-4)15(11-13)25-3/h10-12H,5-9H2,1-4H3,(H,20,21)(H,22,23). The van der Waals surface area contributed by atoms with Gasteiger partial charge in [-0.25, -0.2) is 4.79 Å². The molecule has 2 rings (SSSR count). The number of nitrogens with one attached hydrogen (secondary N) is 1. The molecule has 0 unspecified atom stereocenters. The number of carboxylic acids is 1. The lowest BCUT2D eigenvalue weighted by molar-refractivity contribution is -0.146. The first-order chi connectivity index (χ1) is 12.4. The SMILES string of the molecule is CCC1CCC(NC(=O)c2cc(OC)c(OC)c(OC)c2)(C(=O)O)CC1. The van der Waals surface area contributed by atoms with Crippen LogP contribution in [0.1, 0.15) is 49.4 Å². The normalized spacial score (nSPS) is 22.4. The van der Waals surface area contributed by atoms with Crippen molar-refractivity contribution in [2.24, 2.45) is 5.92 Å². The van der Waals surface area contributed by atoms with Gasteiger partial charge in [-0.15, -0.1) is 0 Å². The molecule has 1 aromatic carbocycles. The molecule has 144 valence electrons. The molecule has 2 N–H and O–H groups in total. The maximum Gasteiger partial charge on any atom is 0.329 e. The molecule has 0 saturated heterocycles. The molecule has 7 heteroatoms. The Morgan fingerprint density at radius 2 is 1.65 bits per heavy atom. The highest BCUT2D eigenvalue weighted by Gasteiger charge is 2.43. The minimum atomic E-state index is -1.23. The second kappa shape index (κ2) is 8.29. The average molecular weight is 365 g/mol. The van der Waals surface area contributed by atoms with Crippen molar-refractivity contribution in [1.82, 2.24) is 5.32 Å². The lowest BCUT2D eigenvalue weighted by Gasteiger charge is -2.37. The van der Waals surface area contributed by atoms with Gasteiger partial charge < -0.3 is 24.6 Å². The van der Waals surface area contributed by atoms with Gasteiger partial charge in [0.1, 0.15) is 5.54 Å². The molecule has 0 radical (unpaired) electrons. The fourth-order valence-corrected chi connectivity index (χ4v) is 3.47. The van der Waals surface area contributed by atoms with Crippen LogP contribution in [0.3, 0.4) is 0 Å². The molecule has 1 aromatic rings. The molecule has 1 saturated carbocycles. The van der Waals surface area contributed by atoms with Crippen LogP contribution in [-0.4, -0.2) is 43.9 Å². The number of hydrogen-bond donors (Lipinski definition) is 2. The van der Waals surface area contributed by atoms with Gasteiger partial charge in [-0.1, -0.05) is 13.3 Å². The van der Waals surface area contributed by atoms with Crippen molar-refractivity contribution in [3.63, 3.8) is 0 Å². The van der Waals surface area contributed by atoms with E-state index < -0.39 is 17.4 Å². The minimum Gasteiger partial charge on any atom is -0.493 e. The molecule has 26 heavy (non-hydrogen) atoms. The summed E-state index contributed by atoms with van der Waals surface area (Å²) in [5.41, 5.74) is -0.971. The molecule has 1 fully saturated rings. The van der Waals surface area contributed by atoms with E-state index in [1.165, 1.54) is 33.5 Å². The van der Waals surface area contributed by atoms with Crippen LogP contribution in [0.25, 0.3) is 0 Å². The van der Waals surface area contributed by atoms with Crippen molar-refractivity contribution in [3.05, 3.63) is 17.7 Å². The number of amides is 1. The van der Waals surface area contributed by atoms with Crippen molar-refractivity contribution >= 4 is 11.9 Å². The van der Waals surface area contributed by atoms with Crippen molar-refractivity contribution in [2.75, 3.05) is 21.3 Å². The molecule has 1 aliphatic rings. The van der Waals surface area contributed by atoms with Crippen molar-refractivity contribution in [2.45, 2.75) is 44.6 Å². The monoisotopic (exact) mass is 365 g/mol. The summed E-state index contributed by atoms with van der Waals surface area (Å²) in [6, 6.07) is 3.04. The number of carboxylic acid groups (broad SMARTS) is 1. The first-order valence-electron chi connectivity index (χ1n) is 8.76. The minimum absolute atomic E-state index is 0.262. The van der Waals surface area contributed by atoms with Crippen LogP contribution in [0.2, 0.25) is 0 Å². The molecule has 1 amide bonds. The molecule has 0 aromatic heterocycles. The molecular formula is C19H27NO6. The predicted octanol–water partition coefficient (Wildman–Crippen LogP) is 2.87. The Morgan fingerprint density at radius 3 is 2.04 bits per heavy atom. The fraction of sp³-hybridized carbons (Fsp3) is 0.579. The highest BCUT2D eigenvalue weighted by Crippen LogP contribution is 2.39. The van der Waals surface area contributed by atoms with Crippen LogP contribution in [-0.2, 0) is 4.79 Å². The molecular weight excluding hydrogens is 338 g/mol. The summed E-state index contributed by atoms with van der Waals surface area (Å²) in [4.78, 5) is 24.7. The highest BCUT2D eigenvalue weighted by molar-refractivity contribution is 5.99. The number of rotatable bonds is 7. The Morgan fingerprint density at radius 1 is 1.12 bits per heavy atom. The summed E-state index contributed by atoms with van der Waals surface area (Å²) < 4.78 is 15.8. The lowest BCUT2D eigenvalue weighted by atomic mass is 9.75. The second-order valence-corrected chi connectivity index (χ2v) is 6.61. The summed E-state index contributed by atoms with van der Waals surface area (Å²) in [5, 5.41) is 12.5. The van der Waals surface area contributed by atoms with E-state index in [-0.39, 0.29) is 5.56 Å². The zero-order valence-electron chi connectivity index (χ0n) is 15.8. The van der Waals surface area contributed by atoms with Gasteiger partial charge in [-0.3, -0.25) is 4.79 Å². The van der Waals surface area contributed by atoms with Gasteiger partial charge in [0.25, 0.3) is 5.91 Å². The maximum atomic E-state index is 12.8. The van der Waals surface area contributed by atoms with Crippen LogP contribution in [0.4, 0.5) is 0 Å². The van der Waals surface area contributed by atoms with Crippen LogP contribution in [0, 0.1) is 5.92 Å². The summed E-state index contributed by atoms with van der Waals surface area (Å²) in [6.45, 7) is 2.10. The Hall–Kier alpha value is -2.44. The predicted molar refractivity (Wildman–Crippen MR) is 96.2 cm³/mol. The van der Waals surface area contributed by atoms with Crippen LogP contribution >= 0.6 is 0 Å². The Labute approximate surface area is 153 Å². The van der Waals surface area contributed by atoms with E-state index in [1.54, 1.807) is 0 Å². The average Bonchev–Trinajstić information content (AvgIpc) is 2.66. The molecule has 0 spiro atoms. The van der Waals surface area contributed by atoms with Crippen LogP contribution < -0.4 is 19.5 Å². The number of hydrogen-bond acceptors (Lipinski definition) is 5. The van der Waals surface area contributed by atoms with E-state index in [1.807, 2.05) is 0 Å². The van der Waals surface area contributed by atoms with Crippen molar-refractivity contribution in [1.29, 1.82) is 0 Å². The van der Waals surface area contributed by atoms with E-state index in [0.29, 0.717) is 36.0 Å². The number of carbonyl (C=O) groups excluding carboxylic acids is 1. The van der Waals surface area contributed by atoms with Gasteiger partial charge in [0.2, 0.25) is 5.75 Å². The molecule has 7 nitrogen and oxygen atoms in total. The summed E-state index contributed by atoms with van der Waals surface area (Å²) in [5.74, 6) is 0.116. The summed E-state index contributed by atoms with van der Waals surface area (Å²) >= 11 is 0. The first kappa shape index (κ1) is 19.9. The fourth-order valence-electron chi connectivity index (χ4n) is 3.47. The van der Waals surface area contributed by atoms with Gasteiger partial charge in [0.15, 0.2) is 11.5 Å². The van der Waals surface area contributed by atoms with E-state index >= 15 is 0 Å². The third kappa shape index (κ3) is 3.86. The largest absolute Gasteiger partial charge is 0.493 e. The number of methoxy groups -OCH3 is 3. The number of carbonyl (C=O) groups is 2. The third-order valence-corrected chi connectivity index (χ3v) is 5.23. The number of aliphatic carboxylic acids is 1. The van der Waals surface area contributed by atoms with Gasteiger partial charge in [0.05, 0.1) is 21.3 Å². The molecule has 1 aliphatic carbocycles. The molecule has 0 bridgehead atoms. The van der Waals surface area contributed by atoms with E-state index in [4.69, 9.17) is 14.2 Å². The zero-order chi connectivity index (χ0) is 19.3. The highest BCUT2D eigenvalue weighted by atomic mass is 16.5. The smallest absolute Gasteiger partial charge is 0.329 e. The van der Waals surface area contributed by atoms with Gasteiger partial charge in [-0.05, 0) is 43.7 Å². The Bertz CT molecular complexity index is 639. The van der Waals surface area contributed by atoms with E-state index in [9.17, 15) is 14.7 Å². The topological polar surface area (TPSA) is 94.1 Å². The van der Waals surface area contributed by atoms with Gasteiger partial charge in [0, 0.05) is 5.56 Å². The number of benzene rings is 1. The van der Waals surface area contributed by atoms with Gasteiger partial charge >= 0.3 is 5.97 Å². The van der Waals surface area contributed by atoms with Crippen molar-refractivity contribution in [3.8, 4) is 17.2 Å². The van der Waals surface area contributed by atoms with Gasteiger partial charge in [-0.2, -0.15) is 0 Å². The quantitative estimate of drug-likeness (QED) is 0.772. The van der Waals surface area contributed by atoms with Crippen LogP contribution in [0.5, 0.6) is 17.2 Å². The van der Waals surface area contributed by atoms with E-state index in [0.717, 1.165) is 19.3 Å². The first-order valence-corrected chi connectivity index (χ1v) is 8.76. The molecule has 0 aliphatic heterocycles. The maximum absolute atomic E-state index is 12.8. The summed E-state index contributed by atoms with van der Waals surface area (Å²) in [7, 11) is 4.40. The second-order valence-electron chi connectivity index (χ2n) is 6.61. The Balaban J connectivity index is 2.29. The molecule has 0 heterocycles. The van der Waals surface area contributed by atoms with Crippen molar-refractivity contribution < 1.29 is 28.9 Å². The van der Waals surface area contributed by atoms with E-state index in [2.05, 4.69) is 12.2 Å². The lowest BCUT2D eigenvalue weighted by Crippen LogP contribution is -2.56. The molecule has 0 atom stereocenters. The number of ether oxygens (including phenoxy) is 3. The third-order valence-electron chi connectivity index (χ3n) is 5.23. The van der Waals surface area contributed by atoms with Crippen LogP contribution in [0.15, 0.2) is 12.1 Å². The Kier molecular flexibility index (Phi) is 6.34. The summed E-state index contributed by atoms with van der Waals surface area (Å²) in [6.07, 6.45) is 3.46.